The first kappa shape index (κ1) is 13.5. The van der Waals surface area contributed by atoms with Crippen LogP contribution in [0, 0.1) is 0 Å². The highest BCUT2D eigenvalue weighted by Gasteiger charge is 2.18. The van der Waals surface area contributed by atoms with Crippen molar-refractivity contribution in [3.63, 3.8) is 0 Å². The van der Waals surface area contributed by atoms with Crippen LogP contribution in [0.2, 0.25) is 0 Å². The van der Waals surface area contributed by atoms with E-state index in [1.54, 1.807) is 0 Å². The standard InChI is InChI=1S/C12H25N3O/c1-4-13-10(2)9-12(16)14-11-5-7-15(3)8-6-11/h10-11,13H,4-9H2,1-3H3,(H,14,16). The van der Waals surface area contributed by atoms with Crippen LogP contribution in [-0.2, 0) is 4.79 Å². The summed E-state index contributed by atoms with van der Waals surface area (Å²) < 4.78 is 0. The summed E-state index contributed by atoms with van der Waals surface area (Å²) in [6.45, 7) is 7.22. The Labute approximate surface area is 98.8 Å². The Morgan fingerprint density at radius 1 is 1.44 bits per heavy atom. The summed E-state index contributed by atoms with van der Waals surface area (Å²) in [4.78, 5) is 14.0. The zero-order valence-corrected chi connectivity index (χ0v) is 10.8. The predicted molar refractivity (Wildman–Crippen MR) is 66.4 cm³/mol. The predicted octanol–water partition coefficient (Wildman–Crippen LogP) is 0.585. The van der Waals surface area contributed by atoms with E-state index in [0.29, 0.717) is 12.5 Å². The van der Waals surface area contributed by atoms with Crippen LogP contribution in [0.3, 0.4) is 0 Å². The van der Waals surface area contributed by atoms with Crippen molar-refractivity contribution < 1.29 is 4.79 Å². The molecule has 0 aromatic rings. The number of nitrogens with one attached hydrogen (secondary N) is 2. The molecule has 2 N–H and O–H groups in total. The highest BCUT2D eigenvalue weighted by atomic mass is 16.1. The van der Waals surface area contributed by atoms with Crippen LogP contribution in [-0.4, -0.2) is 49.6 Å². The van der Waals surface area contributed by atoms with Crippen LogP contribution in [0.1, 0.15) is 33.1 Å². The molecule has 1 atom stereocenters. The second-order valence-corrected chi connectivity index (χ2v) is 4.81. The number of carbonyl (C=O) groups excluding carboxylic acids is 1. The summed E-state index contributed by atoms with van der Waals surface area (Å²) in [6, 6.07) is 0.661. The monoisotopic (exact) mass is 227 g/mol. The van der Waals surface area contributed by atoms with Crippen molar-refractivity contribution in [1.82, 2.24) is 15.5 Å². The van der Waals surface area contributed by atoms with Gasteiger partial charge in [-0.1, -0.05) is 6.92 Å². The first-order chi connectivity index (χ1) is 7.61. The van der Waals surface area contributed by atoms with Gasteiger partial charge in [0.05, 0.1) is 0 Å². The quantitative estimate of drug-likeness (QED) is 0.722. The maximum absolute atomic E-state index is 11.7. The molecule has 0 bridgehead atoms. The van der Waals surface area contributed by atoms with Gasteiger partial charge in [-0.05, 0) is 46.4 Å². The molecule has 4 nitrogen and oxygen atoms in total. The molecule has 1 unspecified atom stereocenters. The maximum Gasteiger partial charge on any atom is 0.221 e. The van der Waals surface area contributed by atoms with E-state index in [0.717, 1.165) is 32.5 Å². The largest absolute Gasteiger partial charge is 0.353 e. The van der Waals surface area contributed by atoms with Crippen molar-refractivity contribution in [1.29, 1.82) is 0 Å². The van der Waals surface area contributed by atoms with Gasteiger partial charge in [-0.15, -0.1) is 0 Å². The Kier molecular flexibility index (Phi) is 5.77. The third-order valence-corrected chi connectivity index (χ3v) is 3.13. The second kappa shape index (κ2) is 6.86. The van der Waals surface area contributed by atoms with E-state index in [9.17, 15) is 4.79 Å². The summed E-state index contributed by atoms with van der Waals surface area (Å²) in [5.74, 6) is 0.183. The normalized spacial score (nSPS) is 20.7. The van der Waals surface area contributed by atoms with Crippen molar-refractivity contribution >= 4 is 5.91 Å². The number of hydrogen-bond donors (Lipinski definition) is 2. The fraction of sp³-hybridized carbons (Fsp3) is 0.917. The van der Waals surface area contributed by atoms with Gasteiger partial charge in [-0.25, -0.2) is 0 Å². The molecule has 0 spiro atoms. The van der Waals surface area contributed by atoms with Crippen LogP contribution in [0.25, 0.3) is 0 Å². The van der Waals surface area contributed by atoms with Crippen molar-refractivity contribution in [3.8, 4) is 0 Å². The van der Waals surface area contributed by atoms with Gasteiger partial charge >= 0.3 is 0 Å². The minimum Gasteiger partial charge on any atom is -0.353 e. The highest BCUT2D eigenvalue weighted by molar-refractivity contribution is 5.76. The van der Waals surface area contributed by atoms with Crippen molar-refractivity contribution in [2.24, 2.45) is 0 Å². The van der Waals surface area contributed by atoms with Crippen LogP contribution in [0.5, 0.6) is 0 Å². The molecule has 1 heterocycles. The Morgan fingerprint density at radius 3 is 2.62 bits per heavy atom. The first-order valence-corrected chi connectivity index (χ1v) is 6.33. The van der Waals surface area contributed by atoms with Crippen LogP contribution in [0.4, 0.5) is 0 Å². The van der Waals surface area contributed by atoms with Gasteiger partial charge < -0.3 is 15.5 Å². The molecular weight excluding hydrogens is 202 g/mol. The van der Waals surface area contributed by atoms with Crippen molar-refractivity contribution in [3.05, 3.63) is 0 Å². The Hall–Kier alpha value is -0.610. The lowest BCUT2D eigenvalue weighted by Crippen LogP contribution is -2.44. The van der Waals surface area contributed by atoms with Gasteiger partial charge in [0.15, 0.2) is 0 Å². The fourth-order valence-electron chi connectivity index (χ4n) is 2.14. The van der Waals surface area contributed by atoms with Crippen molar-refractivity contribution in [2.45, 2.75) is 45.2 Å². The van der Waals surface area contributed by atoms with Crippen LogP contribution >= 0.6 is 0 Å². The van der Waals surface area contributed by atoms with Gasteiger partial charge in [-0.3, -0.25) is 4.79 Å². The van der Waals surface area contributed by atoms with Gasteiger partial charge in [0.25, 0.3) is 0 Å². The molecule has 1 aliphatic rings. The molecule has 1 amide bonds. The van der Waals surface area contributed by atoms with Gasteiger partial charge in [-0.2, -0.15) is 0 Å². The number of piperidine rings is 1. The number of rotatable bonds is 5. The zero-order chi connectivity index (χ0) is 12.0. The molecule has 0 aromatic carbocycles. The van der Waals surface area contributed by atoms with Crippen LogP contribution < -0.4 is 10.6 Å². The molecule has 0 saturated carbocycles. The van der Waals surface area contributed by atoms with Gasteiger partial charge in [0.1, 0.15) is 0 Å². The molecule has 16 heavy (non-hydrogen) atoms. The Bertz CT molecular complexity index is 212. The average molecular weight is 227 g/mol. The molecule has 4 heteroatoms. The van der Waals surface area contributed by atoms with Gasteiger partial charge in [0.2, 0.25) is 5.91 Å². The summed E-state index contributed by atoms with van der Waals surface area (Å²) in [5, 5.41) is 6.37. The molecule has 1 saturated heterocycles. The minimum absolute atomic E-state index is 0.183. The zero-order valence-electron chi connectivity index (χ0n) is 10.8. The van der Waals surface area contributed by atoms with E-state index in [2.05, 4.69) is 36.4 Å². The number of amides is 1. The molecule has 0 radical (unpaired) electrons. The lowest BCUT2D eigenvalue weighted by Gasteiger charge is -2.29. The minimum atomic E-state index is 0.183. The third-order valence-electron chi connectivity index (χ3n) is 3.13. The lowest BCUT2D eigenvalue weighted by atomic mass is 10.1. The highest BCUT2D eigenvalue weighted by Crippen LogP contribution is 2.08. The topological polar surface area (TPSA) is 44.4 Å². The Morgan fingerprint density at radius 2 is 2.06 bits per heavy atom. The molecule has 0 aromatic heterocycles. The Balaban J connectivity index is 2.18. The van der Waals surface area contributed by atoms with E-state index < -0.39 is 0 Å². The summed E-state index contributed by atoms with van der Waals surface area (Å²) in [6.07, 6.45) is 2.75. The second-order valence-electron chi connectivity index (χ2n) is 4.81. The first-order valence-electron chi connectivity index (χ1n) is 6.33. The molecule has 1 rings (SSSR count). The molecule has 1 aliphatic heterocycles. The molecule has 1 fully saturated rings. The van der Waals surface area contributed by atoms with Crippen LogP contribution in [0.15, 0.2) is 0 Å². The van der Waals surface area contributed by atoms with E-state index in [1.165, 1.54) is 0 Å². The molecular formula is C12H25N3O. The SMILES string of the molecule is CCNC(C)CC(=O)NC1CCN(C)CC1. The van der Waals surface area contributed by atoms with E-state index in [1.807, 2.05) is 0 Å². The summed E-state index contributed by atoms with van der Waals surface area (Å²) >= 11 is 0. The maximum atomic E-state index is 11.7. The van der Waals surface area contributed by atoms with E-state index in [4.69, 9.17) is 0 Å². The molecule has 0 aliphatic carbocycles. The molecule has 94 valence electrons. The number of hydrogen-bond acceptors (Lipinski definition) is 3. The summed E-state index contributed by atoms with van der Waals surface area (Å²) in [5.41, 5.74) is 0. The number of carbonyl (C=O) groups is 1. The smallest absolute Gasteiger partial charge is 0.221 e. The van der Waals surface area contributed by atoms with E-state index >= 15 is 0 Å². The average Bonchev–Trinajstić information content (AvgIpc) is 2.21. The number of nitrogens with zero attached hydrogens (tertiary/aromatic N) is 1. The third kappa shape index (κ3) is 4.94. The number of likely N-dealkylation sites (tertiary alicyclic amines) is 1. The van der Waals surface area contributed by atoms with E-state index in [-0.39, 0.29) is 11.9 Å². The van der Waals surface area contributed by atoms with Gasteiger partial charge in [0, 0.05) is 18.5 Å². The van der Waals surface area contributed by atoms with Crippen molar-refractivity contribution in [2.75, 3.05) is 26.7 Å². The fourth-order valence-corrected chi connectivity index (χ4v) is 2.14. The summed E-state index contributed by atoms with van der Waals surface area (Å²) in [7, 11) is 2.13. The lowest BCUT2D eigenvalue weighted by molar-refractivity contribution is -0.122.